The molecule has 4 heteroatoms. The zero-order valence-electron chi connectivity index (χ0n) is 10.9. The van der Waals surface area contributed by atoms with Crippen molar-refractivity contribution in [2.24, 2.45) is 4.99 Å². The summed E-state index contributed by atoms with van der Waals surface area (Å²) >= 11 is 0. The first-order valence-electron chi connectivity index (χ1n) is 6.52. The summed E-state index contributed by atoms with van der Waals surface area (Å²) in [5.41, 5.74) is 2.64. The van der Waals surface area contributed by atoms with Gasteiger partial charge in [-0.3, -0.25) is 10.7 Å². The van der Waals surface area contributed by atoms with Crippen LogP contribution in [0.5, 0.6) is 5.75 Å². The van der Waals surface area contributed by atoms with Gasteiger partial charge in [0.15, 0.2) is 0 Å². The largest absolute Gasteiger partial charge is 0.494 e. The molecule has 100 valence electrons. The third-order valence-electron chi connectivity index (χ3n) is 2.62. The molecular weight excluding hydrogens is 228 g/mol. The number of nitrogens with one attached hydrogen (secondary N) is 1. The lowest BCUT2D eigenvalue weighted by Crippen LogP contribution is -2.00. The van der Waals surface area contributed by atoms with Gasteiger partial charge in [0.05, 0.1) is 12.3 Å². The van der Waals surface area contributed by atoms with Gasteiger partial charge in [0, 0.05) is 0 Å². The Hall–Kier alpha value is -1.55. The number of hydrogen-bond donors (Lipinski definition) is 2. The average molecular weight is 250 g/mol. The highest BCUT2D eigenvalue weighted by Gasteiger charge is 1.94. The van der Waals surface area contributed by atoms with Crippen molar-refractivity contribution in [3.05, 3.63) is 24.3 Å². The molecule has 0 amide bonds. The van der Waals surface area contributed by atoms with Crippen LogP contribution >= 0.6 is 0 Å². The van der Waals surface area contributed by atoms with Crippen LogP contribution in [-0.4, -0.2) is 18.2 Å². The molecule has 0 aliphatic carbocycles. The number of hydrogen-bond acceptors (Lipinski definition) is 3. The highest BCUT2D eigenvalue weighted by atomic mass is 16.5. The molecule has 0 fully saturated rings. The van der Waals surface area contributed by atoms with E-state index in [4.69, 9.17) is 9.94 Å². The maximum Gasteiger partial charge on any atom is 0.119 e. The molecule has 0 spiro atoms. The highest BCUT2D eigenvalue weighted by molar-refractivity contribution is 5.59. The van der Waals surface area contributed by atoms with Crippen molar-refractivity contribution in [3.8, 4) is 5.75 Å². The van der Waals surface area contributed by atoms with Gasteiger partial charge < -0.3 is 4.74 Å². The quantitative estimate of drug-likeness (QED) is 0.304. The minimum absolute atomic E-state index is 0.768. The molecule has 18 heavy (non-hydrogen) atoms. The van der Waals surface area contributed by atoms with Crippen molar-refractivity contribution in [1.29, 1.82) is 0 Å². The number of unbranched alkanes of at least 4 members (excludes halogenated alkanes) is 4. The predicted octanol–water partition coefficient (Wildman–Crippen LogP) is 3.67. The van der Waals surface area contributed by atoms with Gasteiger partial charge >= 0.3 is 0 Å². The summed E-state index contributed by atoms with van der Waals surface area (Å²) < 4.78 is 5.63. The summed E-state index contributed by atoms with van der Waals surface area (Å²) in [5.74, 6) is 0.862. The van der Waals surface area contributed by atoms with E-state index in [9.17, 15) is 0 Å². The van der Waals surface area contributed by atoms with Gasteiger partial charge in [0.25, 0.3) is 0 Å². The van der Waals surface area contributed by atoms with Crippen LogP contribution in [-0.2, 0) is 0 Å². The van der Waals surface area contributed by atoms with E-state index in [0.29, 0.717) is 0 Å². The Morgan fingerprint density at radius 1 is 1.17 bits per heavy atom. The summed E-state index contributed by atoms with van der Waals surface area (Å²) in [6.45, 7) is 2.98. The average Bonchev–Trinajstić information content (AvgIpc) is 2.42. The lowest BCUT2D eigenvalue weighted by molar-refractivity contribution is 0.240. The molecule has 0 saturated heterocycles. The molecule has 1 aromatic rings. The predicted molar refractivity (Wildman–Crippen MR) is 73.8 cm³/mol. The summed E-state index contributed by atoms with van der Waals surface area (Å²) in [6, 6.07) is 7.46. The second-order valence-corrected chi connectivity index (χ2v) is 4.14. The summed E-state index contributed by atoms with van der Waals surface area (Å²) in [5, 5.41) is 8.36. The standard InChI is InChI=1S/C14H22N2O2/c1-2-3-4-5-6-11-18-14-9-7-13(8-10-14)15-12-16-17/h7-10,12,17H,2-6,11H2,1H3,(H,15,16). The summed E-state index contributed by atoms with van der Waals surface area (Å²) in [6.07, 6.45) is 7.44. The first-order valence-corrected chi connectivity index (χ1v) is 6.52. The van der Waals surface area contributed by atoms with Crippen molar-refractivity contribution in [2.75, 3.05) is 6.61 Å². The van der Waals surface area contributed by atoms with E-state index < -0.39 is 0 Å². The fourth-order valence-corrected chi connectivity index (χ4v) is 1.63. The van der Waals surface area contributed by atoms with Crippen LogP contribution in [0.2, 0.25) is 0 Å². The first-order chi connectivity index (χ1) is 8.86. The summed E-state index contributed by atoms with van der Waals surface area (Å²) in [4.78, 5) is 3.95. The second kappa shape index (κ2) is 9.48. The summed E-state index contributed by atoms with van der Waals surface area (Å²) in [7, 11) is 0. The first kappa shape index (κ1) is 14.5. The maximum atomic E-state index is 8.36. The van der Waals surface area contributed by atoms with Crippen molar-refractivity contribution in [3.63, 3.8) is 0 Å². The minimum Gasteiger partial charge on any atom is -0.494 e. The molecule has 4 nitrogen and oxygen atoms in total. The topological polar surface area (TPSA) is 53.8 Å². The van der Waals surface area contributed by atoms with E-state index in [0.717, 1.165) is 24.5 Å². The molecule has 0 unspecified atom stereocenters. The highest BCUT2D eigenvalue weighted by Crippen LogP contribution is 2.18. The molecule has 0 aliphatic rings. The van der Waals surface area contributed by atoms with Crippen LogP contribution in [0, 0.1) is 0 Å². The van der Waals surface area contributed by atoms with Crippen LogP contribution in [0.1, 0.15) is 39.0 Å². The monoisotopic (exact) mass is 250 g/mol. The van der Waals surface area contributed by atoms with Crippen LogP contribution in [0.15, 0.2) is 29.3 Å². The maximum absolute atomic E-state index is 8.36. The zero-order valence-corrected chi connectivity index (χ0v) is 10.9. The van der Waals surface area contributed by atoms with Gasteiger partial charge in [-0.25, -0.2) is 4.99 Å². The molecule has 0 saturated carbocycles. The number of aliphatic imine (C=N–C) groups is 1. The van der Waals surface area contributed by atoms with Crippen LogP contribution in [0.25, 0.3) is 0 Å². The van der Waals surface area contributed by atoms with E-state index >= 15 is 0 Å². The van der Waals surface area contributed by atoms with Crippen molar-refractivity contribution >= 4 is 12.0 Å². The van der Waals surface area contributed by atoms with Gasteiger partial charge in [-0.05, 0) is 30.7 Å². The van der Waals surface area contributed by atoms with Crippen molar-refractivity contribution in [2.45, 2.75) is 39.0 Å². The Bertz CT molecular complexity index is 336. The second-order valence-electron chi connectivity index (χ2n) is 4.14. The SMILES string of the molecule is CCCCCCCOc1ccc(N=CNO)cc1. The lowest BCUT2D eigenvalue weighted by Gasteiger charge is -2.06. The molecule has 0 aromatic heterocycles. The minimum atomic E-state index is 0.768. The Kier molecular flexibility index (Phi) is 7.64. The number of ether oxygens (including phenoxy) is 1. The van der Waals surface area contributed by atoms with Gasteiger partial charge in [-0.15, -0.1) is 0 Å². The normalized spacial score (nSPS) is 10.8. The van der Waals surface area contributed by atoms with E-state index in [1.54, 1.807) is 0 Å². The molecule has 0 atom stereocenters. The molecule has 0 radical (unpaired) electrons. The van der Waals surface area contributed by atoms with E-state index in [1.165, 1.54) is 32.0 Å². The van der Waals surface area contributed by atoms with Crippen LogP contribution in [0.4, 0.5) is 5.69 Å². The molecule has 1 rings (SSSR count). The number of benzene rings is 1. The van der Waals surface area contributed by atoms with E-state index in [1.807, 2.05) is 29.7 Å². The van der Waals surface area contributed by atoms with Crippen LogP contribution in [0.3, 0.4) is 0 Å². The van der Waals surface area contributed by atoms with Gasteiger partial charge in [0.1, 0.15) is 12.1 Å². The smallest absolute Gasteiger partial charge is 0.119 e. The Labute approximate surface area is 109 Å². The number of nitrogens with zero attached hydrogens (tertiary/aromatic N) is 1. The van der Waals surface area contributed by atoms with Gasteiger partial charge in [-0.2, -0.15) is 0 Å². The third-order valence-corrected chi connectivity index (χ3v) is 2.62. The molecule has 0 heterocycles. The fourth-order valence-electron chi connectivity index (χ4n) is 1.63. The molecule has 0 aliphatic heterocycles. The Morgan fingerprint density at radius 3 is 2.56 bits per heavy atom. The number of rotatable bonds is 9. The Balaban J connectivity index is 2.20. The van der Waals surface area contributed by atoms with Gasteiger partial charge in [-0.1, -0.05) is 32.6 Å². The lowest BCUT2D eigenvalue weighted by atomic mass is 10.2. The molecule has 2 N–H and O–H groups in total. The van der Waals surface area contributed by atoms with Crippen molar-refractivity contribution in [1.82, 2.24) is 5.48 Å². The number of hydroxylamine groups is 1. The van der Waals surface area contributed by atoms with E-state index in [2.05, 4.69) is 11.9 Å². The Morgan fingerprint density at radius 2 is 1.89 bits per heavy atom. The molecular formula is C14H22N2O2. The molecule has 1 aromatic carbocycles. The fraction of sp³-hybridized carbons (Fsp3) is 0.500. The molecule has 0 bridgehead atoms. The van der Waals surface area contributed by atoms with Gasteiger partial charge in [0.2, 0.25) is 0 Å². The third kappa shape index (κ3) is 6.25. The van der Waals surface area contributed by atoms with Crippen LogP contribution < -0.4 is 10.2 Å². The van der Waals surface area contributed by atoms with E-state index in [-0.39, 0.29) is 0 Å². The zero-order chi connectivity index (χ0) is 13.1. The van der Waals surface area contributed by atoms with Crippen molar-refractivity contribution < 1.29 is 9.94 Å².